The second kappa shape index (κ2) is 6.69. The number of nitrogens with zero attached hydrogens (tertiary/aromatic N) is 1. The van der Waals surface area contributed by atoms with Crippen LogP contribution in [-0.2, 0) is 4.74 Å². The van der Waals surface area contributed by atoms with Crippen molar-refractivity contribution in [3.8, 4) is 0 Å². The third-order valence-electron chi connectivity index (χ3n) is 4.37. The lowest BCUT2D eigenvalue weighted by atomic mass is 9.72. The van der Waals surface area contributed by atoms with Gasteiger partial charge in [-0.1, -0.05) is 6.92 Å². The first kappa shape index (κ1) is 14.9. The minimum atomic E-state index is 0.149. The molecule has 0 spiro atoms. The average molecular weight is 243 g/mol. The van der Waals surface area contributed by atoms with Gasteiger partial charge in [0.2, 0.25) is 0 Å². The molecule has 0 radical (unpaired) electrons. The van der Waals surface area contributed by atoms with Crippen molar-refractivity contribution >= 4 is 0 Å². The van der Waals surface area contributed by atoms with E-state index in [0.29, 0.717) is 6.61 Å². The summed E-state index contributed by atoms with van der Waals surface area (Å²) in [5.41, 5.74) is 3.13. The zero-order valence-electron chi connectivity index (χ0n) is 11.8. The van der Waals surface area contributed by atoms with Crippen LogP contribution in [0.2, 0.25) is 0 Å². The van der Waals surface area contributed by atoms with Gasteiger partial charge in [-0.2, -0.15) is 0 Å². The predicted molar refractivity (Wildman–Crippen MR) is 71.7 cm³/mol. The minimum absolute atomic E-state index is 0.149. The van der Waals surface area contributed by atoms with Crippen molar-refractivity contribution in [3.05, 3.63) is 0 Å². The molecule has 102 valence electrons. The van der Waals surface area contributed by atoms with Gasteiger partial charge < -0.3 is 9.64 Å². The number of hydrogen-bond donors (Lipinski definition) is 2. The number of nitrogens with one attached hydrogen (secondary N) is 1. The van der Waals surface area contributed by atoms with Crippen LogP contribution < -0.4 is 11.3 Å². The molecule has 0 aromatic heterocycles. The fraction of sp³-hybridized carbons (Fsp3) is 1.00. The number of rotatable bonds is 6. The van der Waals surface area contributed by atoms with Crippen molar-refractivity contribution in [2.75, 3.05) is 27.3 Å². The van der Waals surface area contributed by atoms with Crippen LogP contribution in [0.15, 0.2) is 0 Å². The van der Waals surface area contributed by atoms with Crippen LogP contribution >= 0.6 is 0 Å². The Labute approximate surface area is 106 Å². The molecular formula is C13H29N3O. The van der Waals surface area contributed by atoms with Gasteiger partial charge in [-0.05, 0) is 52.6 Å². The Bertz CT molecular complexity index is 213. The zero-order valence-corrected chi connectivity index (χ0v) is 11.8. The molecule has 3 N–H and O–H groups in total. The molecule has 0 aromatic carbocycles. The quantitative estimate of drug-likeness (QED) is 0.546. The molecule has 1 saturated carbocycles. The second-order valence-electron chi connectivity index (χ2n) is 5.56. The zero-order chi connectivity index (χ0) is 12.9. The molecule has 1 aliphatic carbocycles. The number of ether oxygens (including phenoxy) is 1. The van der Waals surface area contributed by atoms with E-state index in [1.54, 1.807) is 0 Å². The van der Waals surface area contributed by atoms with E-state index in [4.69, 9.17) is 10.6 Å². The van der Waals surface area contributed by atoms with E-state index in [1.165, 1.54) is 25.7 Å². The Morgan fingerprint density at radius 1 is 1.41 bits per heavy atom. The maximum atomic E-state index is 5.75. The van der Waals surface area contributed by atoms with E-state index in [-0.39, 0.29) is 11.6 Å². The molecule has 0 heterocycles. The molecule has 17 heavy (non-hydrogen) atoms. The first-order valence-corrected chi connectivity index (χ1v) is 6.78. The lowest BCUT2D eigenvalue weighted by molar-refractivity contribution is 0.00223. The van der Waals surface area contributed by atoms with Gasteiger partial charge in [0.25, 0.3) is 0 Å². The van der Waals surface area contributed by atoms with Crippen molar-refractivity contribution in [2.45, 2.75) is 51.1 Å². The summed E-state index contributed by atoms with van der Waals surface area (Å²) in [4.78, 5) is 2.34. The van der Waals surface area contributed by atoms with E-state index in [0.717, 1.165) is 12.5 Å². The molecular weight excluding hydrogens is 214 g/mol. The van der Waals surface area contributed by atoms with Gasteiger partial charge in [0.05, 0.1) is 12.6 Å². The van der Waals surface area contributed by atoms with Crippen molar-refractivity contribution in [1.82, 2.24) is 10.3 Å². The van der Waals surface area contributed by atoms with Crippen LogP contribution in [-0.4, -0.2) is 43.8 Å². The van der Waals surface area contributed by atoms with Gasteiger partial charge in [-0.3, -0.25) is 11.3 Å². The minimum Gasteiger partial charge on any atom is -0.380 e. The van der Waals surface area contributed by atoms with E-state index >= 15 is 0 Å². The number of hydrazine groups is 1. The largest absolute Gasteiger partial charge is 0.380 e. The SMILES string of the molecule is CCOCC(NN)C1(N(C)C)CCC(C)CC1. The van der Waals surface area contributed by atoms with Crippen LogP contribution in [0.3, 0.4) is 0 Å². The maximum Gasteiger partial charge on any atom is 0.0651 e. The summed E-state index contributed by atoms with van der Waals surface area (Å²) in [6.07, 6.45) is 4.96. The van der Waals surface area contributed by atoms with E-state index in [9.17, 15) is 0 Å². The Balaban J connectivity index is 2.74. The summed E-state index contributed by atoms with van der Waals surface area (Å²) in [5.74, 6) is 6.59. The second-order valence-corrected chi connectivity index (χ2v) is 5.56. The number of likely N-dealkylation sites (N-methyl/N-ethyl adjacent to an activating group) is 1. The molecule has 4 nitrogen and oxygen atoms in total. The monoisotopic (exact) mass is 243 g/mol. The van der Waals surface area contributed by atoms with E-state index in [2.05, 4.69) is 31.3 Å². The molecule has 0 aromatic rings. The third kappa shape index (κ3) is 3.41. The fourth-order valence-electron chi connectivity index (χ4n) is 2.96. The van der Waals surface area contributed by atoms with E-state index in [1.807, 2.05) is 6.92 Å². The molecule has 1 rings (SSSR count). The molecule has 0 bridgehead atoms. The molecule has 1 atom stereocenters. The maximum absolute atomic E-state index is 5.75. The van der Waals surface area contributed by atoms with Crippen LogP contribution in [0.5, 0.6) is 0 Å². The summed E-state index contributed by atoms with van der Waals surface area (Å²) in [5, 5.41) is 0. The summed E-state index contributed by atoms with van der Waals surface area (Å²) < 4.78 is 5.57. The highest BCUT2D eigenvalue weighted by Gasteiger charge is 2.42. The van der Waals surface area contributed by atoms with Crippen molar-refractivity contribution in [2.24, 2.45) is 11.8 Å². The summed E-state index contributed by atoms with van der Waals surface area (Å²) in [6, 6.07) is 0.213. The normalized spacial score (nSPS) is 31.8. The van der Waals surface area contributed by atoms with Gasteiger partial charge in [0.15, 0.2) is 0 Å². The van der Waals surface area contributed by atoms with Crippen molar-refractivity contribution in [1.29, 1.82) is 0 Å². The van der Waals surface area contributed by atoms with Crippen molar-refractivity contribution < 1.29 is 4.74 Å². The molecule has 1 unspecified atom stereocenters. The lowest BCUT2D eigenvalue weighted by Crippen LogP contribution is -2.63. The summed E-state index contributed by atoms with van der Waals surface area (Å²) >= 11 is 0. The fourth-order valence-corrected chi connectivity index (χ4v) is 2.96. The molecule has 0 saturated heterocycles. The average Bonchev–Trinajstić information content (AvgIpc) is 2.32. The smallest absolute Gasteiger partial charge is 0.0651 e. The van der Waals surface area contributed by atoms with Gasteiger partial charge in [-0.15, -0.1) is 0 Å². The summed E-state index contributed by atoms with van der Waals surface area (Å²) in [6.45, 7) is 5.81. The first-order valence-electron chi connectivity index (χ1n) is 6.78. The lowest BCUT2D eigenvalue weighted by Gasteiger charge is -2.49. The van der Waals surface area contributed by atoms with E-state index < -0.39 is 0 Å². The Hall–Kier alpha value is -0.160. The van der Waals surface area contributed by atoms with Gasteiger partial charge in [0, 0.05) is 12.1 Å². The van der Waals surface area contributed by atoms with Crippen molar-refractivity contribution in [3.63, 3.8) is 0 Å². The number of nitrogens with two attached hydrogens (primary N) is 1. The predicted octanol–water partition coefficient (Wildman–Crippen LogP) is 1.37. The summed E-state index contributed by atoms with van der Waals surface area (Å²) in [7, 11) is 4.32. The standard InChI is InChI=1S/C13H29N3O/c1-5-17-10-12(15-14)13(16(3)4)8-6-11(2)7-9-13/h11-12,15H,5-10,14H2,1-4H3. The van der Waals surface area contributed by atoms with Gasteiger partial charge in [-0.25, -0.2) is 0 Å². The Morgan fingerprint density at radius 3 is 2.41 bits per heavy atom. The van der Waals surface area contributed by atoms with Crippen LogP contribution in [0.1, 0.15) is 39.5 Å². The molecule has 1 fully saturated rings. The van der Waals surface area contributed by atoms with Crippen LogP contribution in [0.25, 0.3) is 0 Å². The highest BCUT2D eigenvalue weighted by molar-refractivity contribution is 5.00. The third-order valence-corrected chi connectivity index (χ3v) is 4.37. The first-order chi connectivity index (χ1) is 8.06. The molecule has 0 amide bonds. The van der Waals surface area contributed by atoms with Crippen LogP contribution in [0, 0.1) is 5.92 Å². The van der Waals surface area contributed by atoms with Gasteiger partial charge >= 0.3 is 0 Å². The Morgan fingerprint density at radius 2 is 2.00 bits per heavy atom. The van der Waals surface area contributed by atoms with Crippen LogP contribution in [0.4, 0.5) is 0 Å². The number of hydrogen-bond acceptors (Lipinski definition) is 4. The Kier molecular flexibility index (Phi) is 5.86. The highest BCUT2D eigenvalue weighted by Crippen LogP contribution is 2.37. The van der Waals surface area contributed by atoms with Gasteiger partial charge in [0.1, 0.15) is 0 Å². The molecule has 1 aliphatic rings. The topological polar surface area (TPSA) is 50.5 Å². The molecule has 0 aliphatic heterocycles. The molecule has 4 heteroatoms. The highest BCUT2D eigenvalue weighted by atomic mass is 16.5.